The number of thiazole rings is 1. The Balaban J connectivity index is 2.11. The third-order valence-electron chi connectivity index (χ3n) is 3.56. The van der Waals surface area contributed by atoms with Crippen LogP contribution in [0.3, 0.4) is 0 Å². The van der Waals surface area contributed by atoms with Crippen LogP contribution in [0.1, 0.15) is 19.4 Å². The van der Waals surface area contributed by atoms with Crippen LogP contribution < -0.4 is 10.1 Å². The molecule has 23 heavy (non-hydrogen) atoms. The van der Waals surface area contributed by atoms with Crippen LogP contribution in [-0.2, 0) is 0 Å². The fourth-order valence-electron chi connectivity index (χ4n) is 2.45. The van der Waals surface area contributed by atoms with Crippen molar-refractivity contribution in [2.75, 3.05) is 12.4 Å². The monoisotopic (exact) mass is 329 g/mol. The van der Waals surface area contributed by atoms with Crippen molar-refractivity contribution >= 4 is 27.4 Å². The summed E-state index contributed by atoms with van der Waals surface area (Å²) in [6.07, 6.45) is 0. The molecule has 6 heteroatoms. The molecule has 0 amide bonds. The Morgan fingerprint density at radius 3 is 2.70 bits per heavy atom. The molecule has 0 aliphatic rings. The number of methoxy groups -OCH3 is 1. The molecular weight excluding hydrogens is 310 g/mol. The molecule has 2 N–H and O–H groups in total. The molecule has 0 aliphatic carbocycles. The number of aromatic hydroxyl groups is 1. The van der Waals surface area contributed by atoms with Gasteiger partial charge < -0.3 is 15.2 Å². The van der Waals surface area contributed by atoms with Gasteiger partial charge in [-0.05, 0) is 32.9 Å². The van der Waals surface area contributed by atoms with Gasteiger partial charge in [-0.25, -0.2) is 9.97 Å². The van der Waals surface area contributed by atoms with Crippen LogP contribution in [0.2, 0.25) is 0 Å². The van der Waals surface area contributed by atoms with Crippen molar-refractivity contribution in [2.45, 2.75) is 26.8 Å². The molecule has 5 nitrogen and oxygen atoms in total. The molecule has 1 aromatic carbocycles. The number of anilines is 1. The summed E-state index contributed by atoms with van der Waals surface area (Å²) in [4.78, 5) is 9.23. The van der Waals surface area contributed by atoms with Crippen molar-refractivity contribution in [2.24, 2.45) is 0 Å². The van der Waals surface area contributed by atoms with E-state index in [0.29, 0.717) is 17.1 Å². The summed E-state index contributed by atoms with van der Waals surface area (Å²) in [5.41, 5.74) is 3.03. The minimum Gasteiger partial charge on any atom is -0.507 e. The number of nitrogens with one attached hydrogen (secondary N) is 1. The number of ether oxygens (including phenoxy) is 1. The minimum atomic E-state index is 0.196. The van der Waals surface area contributed by atoms with Crippen molar-refractivity contribution in [3.63, 3.8) is 0 Å². The first-order chi connectivity index (χ1) is 11.0. The zero-order valence-electron chi connectivity index (χ0n) is 13.5. The largest absolute Gasteiger partial charge is 0.507 e. The average Bonchev–Trinajstić information content (AvgIpc) is 2.96. The molecular formula is C17H19N3O2S. The maximum absolute atomic E-state index is 10.3. The summed E-state index contributed by atoms with van der Waals surface area (Å²) < 4.78 is 5.34. The lowest BCUT2D eigenvalue weighted by Gasteiger charge is -2.10. The summed E-state index contributed by atoms with van der Waals surface area (Å²) in [5, 5.41) is 17.1. The number of nitrogens with zero attached hydrogens (tertiary/aromatic N) is 2. The molecule has 0 bridgehead atoms. The van der Waals surface area contributed by atoms with Crippen LogP contribution in [0.5, 0.6) is 11.5 Å². The highest BCUT2D eigenvalue weighted by Gasteiger charge is 2.13. The third kappa shape index (κ3) is 2.94. The highest BCUT2D eigenvalue weighted by molar-refractivity contribution is 7.14. The smallest absolute Gasteiger partial charge is 0.183 e. The van der Waals surface area contributed by atoms with E-state index < -0.39 is 0 Å². The number of pyridine rings is 1. The van der Waals surface area contributed by atoms with E-state index in [2.05, 4.69) is 29.1 Å². The predicted octanol–water partition coefficient (Wildman–Crippen LogP) is 4.20. The first-order valence-corrected chi connectivity index (χ1v) is 8.27. The predicted molar refractivity (Wildman–Crippen MR) is 94.6 cm³/mol. The molecule has 0 saturated carbocycles. The molecule has 3 aromatic rings. The van der Waals surface area contributed by atoms with E-state index in [1.165, 1.54) is 11.3 Å². The van der Waals surface area contributed by atoms with Crippen LogP contribution in [0.15, 0.2) is 23.6 Å². The molecule has 2 aromatic heterocycles. The van der Waals surface area contributed by atoms with Crippen LogP contribution >= 0.6 is 11.3 Å². The van der Waals surface area contributed by atoms with Gasteiger partial charge in [0, 0.05) is 28.4 Å². The topological polar surface area (TPSA) is 67.3 Å². The summed E-state index contributed by atoms with van der Waals surface area (Å²) >= 11 is 1.53. The van der Waals surface area contributed by atoms with Crippen molar-refractivity contribution in [1.82, 2.24) is 9.97 Å². The van der Waals surface area contributed by atoms with Crippen LogP contribution in [0.4, 0.5) is 5.13 Å². The van der Waals surface area contributed by atoms with E-state index in [1.807, 2.05) is 24.4 Å². The minimum absolute atomic E-state index is 0.196. The number of aromatic nitrogens is 2. The molecule has 120 valence electrons. The van der Waals surface area contributed by atoms with E-state index in [9.17, 15) is 5.11 Å². The third-order valence-corrected chi connectivity index (χ3v) is 4.34. The van der Waals surface area contributed by atoms with E-state index in [1.54, 1.807) is 13.2 Å². The maximum Gasteiger partial charge on any atom is 0.183 e. The van der Waals surface area contributed by atoms with Gasteiger partial charge in [0.15, 0.2) is 5.13 Å². The quantitative estimate of drug-likeness (QED) is 0.751. The average molecular weight is 329 g/mol. The van der Waals surface area contributed by atoms with Gasteiger partial charge in [0.25, 0.3) is 0 Å². The fraction of sp³-hybridized carbons (Fsp3) is 0.294. The Hall–Kier alpha value is -2.34. The summed E-state index contributed by atoms with van der Waals surface area (Å²) in [7, 11) is 1.63. The molecule has 3 rings (SSSR count). The van der Waals surface area contributed by atoms with Crippen LogP contribution in [0, 0.1) is 6.92 Å². The van der Waals surface area contributed by atoms with Crippen molar-refractivity contribution in [3.05, 3.63) is 29.1 Å². The SMILES string of the molecule is COc1ccc2c(O)cc(-c3csc(NC(C)C)n3)nc2c1C. The van der Waals surface area contributed by atoms with Crippen LogP contribution in [-0.4, -0.2) is 28.2 Å². The lowest BCUT2D eigenvalue weighted by molar-refractivity contribution is 0.412. The van der Waals surface area contributed by atoms with E-state index in [4.69, 9.17) is 4.74 Å². The van der Waals surface area contributed by atoms with Crippen molar-refractivity contribution < 1.29 is 9.84 Å². The Bertz CT molecular complexity index is 858. The molecule has 0 atom stereocenters. The van der Waals surface area contributed by atoms with Gasteiger partial charge >= 0.3 is 0 Å². The fourth-order valence-corrected chi connectivity index (χ4v) is 3.30. The molecule has 0 radical (unpaired) electrons. The summed E-state index contributed by atoms with van der Waals surface area (Å²) in [6.45, 7) is 6.07. The number of hydrogen-bond acceptors (Lipinski definition) is 6. The summed E-state index contributed by atoms with van der Waals surface area (Å²) in [5.74, 6) is 0.948. The normalized spacial score (nSPS) is 11.2. The second-order valence-electron chi connectivity index (χ2n) is 5.65. The van der Waals surface area contributed by atoms with Gasteiger partial charge in [0.1, 0.15) is 17.2 Å². The number of rotatable bonds is 4. The Kier molecular flexibility index (Phi) is 4.09. The van der Waals surface area contributed by atoms with Gasteiger partial charge in [-0.3, -0.25) is 0 Å². The van der Waals surface area contributed by atoms with E-state index in [-0.39, 0.29) is 5.75 Å². The lowest BCUT2D eigenvalue weighted by Crippen LogP contribution is -2.09. The van der Waals surface area contributed by atoms with Gasteiger partial charge in [-0.2, -0.15) is 0 Å². The zero-order valence-corrected chi connectivity index (χ0v) is 14.4. The molecule has 0 saturated heterocycles. The second kappa shape index (κ2) is 6.04. The zero-order chi connectivity index (χ0) is 16.6. The number of fused-ring (bicyclic) bond motifs is 1. The van der Waals surface area contributed by atoms with Gasteiger partial charge in [0.05, 0.1) is 18.3 Å². The maximum atomic E-state index is 10.3. The van der Waals surface area contributed by atoms with E-state index in [0.717, 1.165) is 27.7 Å². The first kappa shape index (κ1) is 15.6. The van der Waals surface area contributed by atoms with Crippen molar-refractivity contribution in [3.8, 4) is 22.9 Å². The van der Waals surface area contributed by atoms with E-state index >= 15 is 0 Å². The standard InChI is InChI=1S/C17H19N3O2S/c1-9(2)18-17-20-13(8-23-17)12-7-14(21)11-5-6-15(22-4)10(3)16(11)19-12/h5-9H,1-4H3,(H,18,20)(H,19,21). The molecule has 0 aliphatic heterocycles. The Labute approximate surface area is 139 Å². The van der Waals surface area contributed by atoms with Gasteiger partial charge in [-0.1, -0.05) is 0 Å². The van der Waals surface area contributed by atoms with Crippen LogP contribution in [0.25, 0.3) is 22.3 Å². The van der Waals surface area contributed by atoms with Crippen molar-refractivity contribution in [1.29, 1.82) is 0 Å². The molecule has 0 unspecified atom stereocenters. The molecule has 2 heterocycles. The molecule has 0 spiro atoms. The highest BCUT2D eigenvalue weighted by Crippen LogP contribution is 2.34. The van der Waals surface area contributed by atoms with Gasteiger partial charge in [0.2, 0.25) is 0 Å². The molecule has 0 fully saturated rings. The first-order valence-electron chi connectivity index (χ1n) is 7.39. The van der Waals surface area contributed by atoms with Gasteiger partial charge in [-0.15, -0.1) is 11.3 Å². The lowest BCUT2D eigenvalue weighted by atomic mass is 10.1. The Morgan fingerprint density at radius 2 is 2.00 bits per heavy atom. The Morgan fingerprint density at radius 1 is 1.22 bits per heavy atom. The number of aryl methyl sites for hydroxylation is 1. The second-order valence-corrected chi connectivity index (χ2v) is 6.51. The number of hydrogen-bond donors (Lipinski definition) is 2. The number of benzene rings is 1. The summed E-state index contributed by atoms with van der Waals surface area (Å²) in [6, 6.07) is 5.63. The highest BCUT2D eigenvalue weighted by atomic mass is 32.1.